The van der Waals surface area contributed by atoms with Crippen LogP contribution in [-0.4, -0.2) is 26.7 Å². The Morgan fingerprint density at radius 1 is 0.971 bits per heavy atom. The summed E-state index contributed by atoms with van der Waals surface area (Å²) in [6.45, 7) is 2.82. The van der Waals surface area contributed by atoms with E-state index in [-0.39, 0.29) is 17.8 Å². The van der Waals surface area contributed by atoms with Crippen LogP contribution in [0.5, 0.6) is 0 Å². The van der Waals surface area contributed by atoms with E-state index in [0.29, 0.717) is 35.2 Å². The number of carbonyl (C=O) groups excluding carboxylic acids is 1. The lowest BCUT2D eigenvalue weighted by atomic mass is 9.93. The Labute approximate surface area is 204 Å². The molecule has 176 valence electrons. The number of fused-ring (bicyclic) bond motifs is 2. The molecule has 0 radical (unpaired) electrons. The smallest absolute Gasteiger partial charge is 0.255 e. The molecule has 0 saturated heterocycles. The number of aromatic nitrogens is 2. The van der Waals surface area contributed by atoms with Gasteiger partial charge in [-0.25, -0.2) is 9.37 Å². The number of benzene rings is 2. The van der Waals surface area contributed by atoms with E-state index in [2.05, 4.69) is 25.1 Å². The van der Waals surface area contributed by atoms with Gasteiger partial charge in [0.25, 0.3) is 5.91 Å². The molecule has 1 atom stereocenters. The van der Waals surface area contributed by atoms with Crippen LogP contribution in [0.4, 0.5) is 4.39 Å². The molecule has 35 heavy (non-hydrogen) atoms. The minimum absolute atomic E-state index is 0.0324. The van der Waals surface area contributed by atoms with Gasteiger partial charge in [-0.05, 0) is 91.3 Å². The monoisotopic (exact) mass is 465 g/mol. The number of carbonyl (C=O) groups is 1. The van der Waals surface area contributed by atoms with Crippen molar-refractivity contribution in [3.63, 3.8) is 0 Å². The van der Waals surface area contributed by atoms with Crippen molar-refractivity contribution in [2.75, 3.05) is 6.54 Å². The van der Waals surface area contributed by atoms with Crippen molar-refractivity contribution in [3.05, 3.63) is 94.6 Å². The van der Waals surface area contributed by atoms with Gasteiger partial charge in [0, 0.05) is 24.5 Å². The van der Waals surface area contributed by atoms with Gasteiger partial charge in [-0.1, -0.05) is 30.3 Å². The van der Waals surface area contributed by atoms with E-state index >= 15 is 4.39 Å². The molecule has 2 fully saturated rings. The van der Waals surface area contributed by atoms with Crippen LogP contribution in [0.3, 0.4) is 0 Å². The van der Waals surface area contributed by atoms with Gasteiger partial charge in [0.2, 0.25) is 0 Å². The van der Waals surface area contributed by atoms with Crippen LogP contribution in [0.1, 0.15) is 83.1 Å². The number of hydrogen-bond acceptors (Lipinski definition) is 2. The Kier molecular flexibility index (Phi) is 4.63. The van der Waals surface area contributed by atoms with E-state index in [9.17, 15) is 4.79 Å². The Hall–Kier alpha value is -3.47. The summed E-state index contributed by atoms with van der Waals surface area (Å²) in [5.74, 6) is 0.759. The fourth-order valence-electron chi connectivity index (χ4n) is 5.69. The number of imidazole rings is 1. The van der Waals surface area contributed by atoms with E-state index in [4.69, 9.17) is 4.98 Å². The molecule has 5 heteroatoms. The second kappa shape index (κ2) is 7.77. The molecule has 0 N–H and O–H groups in total. The van der Waals surface area contributed by atoms with E-state index in [1.807, 2.05) is 46.0 Å². The summed E-state index contributed by atoms with van der Waals surface area (Å²) in [7, 11) is 0. The van der Waals surface area contributed by atoms with Crippen LogP contribution in [0.2, 0.25) is 0 Å². The minimum Gasteiger partial charge on any atom is -0.331 e. The Balaban J connectivity index is 1.27. The highest BCUT2D eigenvalue weighted by atomic mass is 19.1. The Morgan fingerprint density at radius 3 is 2.54 bits per heavy atom. The Morgan fingerprint density at radius 2 is 1.77 bits per heavy atom. The molecule has 1 aliphatic heterocycles. The summed E-state index contributed by atoms with van der Waals surface area (Å²) in [4.78, 5) is 20.6. The zero-order chi connectivity index (χ0) is 23.7. The first-order chi connectivity index (χ1) is 17.1. The van der Waals surface area contributed by atoms with E-state index < -0.39 is 0 Å². The maximum absolute atomic E-state index is 15.0. The first-order valence-electron chi connectivity index (χ1n) is 12.8. The predicted molar refractivity (Wildman–Crippen MR) is 134 cm³/mol. The number of halogens is 1. The molecule has 0 bridgehead atoms. The van der Waals surface area contributed by atoms with E-state index in [1.54, 1.807) is 6.07 Å². The summed E-state index contributed by atoms with van der Waals surface area (Å²) in [5.41, 5.74) is 7.39. The first kappa shape index (κ1) is 20.9. The zero-order valence-electron chi connectivity index (χ0n) is 19.9. The van der Waals surface area contributed by atoms with Gasteiger partial charge >= 0.3 is 0 Å². The van der Waals surface area contributed by atoms with Crippen LogP contribution in [0.25, 0.3) is 16.9 Å². The fourth-order valence-corrected chi connectivity index (χ4v) is 5.69. The highest BCUT2D eigenvalue weighted by Gasteiger charge is 2.32. The summed E-state index contributed by atoms with van der Waals surface area (Å²) < 4.78 is 17.0. The van der Waals surface area contributed by atoms with Crippen LogP contribution < -0.4 is 0 Å². The highest BCUT2D eigenvalue weighted by molar-refractivity contribution is 5.95. The average molecular weight is 466 g/mol. The molecule has 2 aromatic carbocycles. The molecule has 0 spiro atoms. The zero-order valence-corrected chi connectivity index (χ0v) is 19.9. The largest absolute Gasteiger partial charge is 0.331 e. The average Bonchev–Trinajstić information content (AvgIpc) is 3.80. The quantitative estimate of drug-likeness (QED) is 0.338. The molecule has 7 rings (SSSR count). The van der Waals surface area contributed by atoms with Crippen molar-refractivity contribution < 1.29 is 9.18 Å². The van der Waals surface area contributed by atoms with Gasteiger partial charge in [0.05, 0.1) is 17.3 Å². The second-order valence-electron chi connectivity index (χ2n) is 10.5. The van der Waals surface area contributed by atoms with Crippen molar-refractivity contribution in [2.24, 2.45) is 0 Å². The lowest BCUT2D eigenvalue weighted by Gasteiger charge is -2.35. The summed E-state index contributed by atoms with van der Waals surface area (Å²) in [5, 5.41) is 0. The van der Waals surface area contributed by atoms with Crippen LogP contribution in [0, 0.1) is 5.82 Å². The molecule has 3 heterocycles. The third-order valence-electron chi connectivity index (χ3n) is 8.02. The van der Waals surface area contributed by atoms with Gasteiger partial charge in [-0.3, -0.25) is 4.79 Å². The Bertz CT molecular complexity index is 1480. The van der Waals surface area contributed by atoms with Crippen LogP contribution in [-0.2, 0) is 6.42 Å². The van der Waals surface area contributed by atoms with Crippen molar-refractivity contribution in [2.45, 2.75) is 56.9 Å². The van der Waals surface area contributed by atoms with Crippen molar-refractivity contribution >= 4 is 11.6 Å². The molecule has 4 nitrogen and oxygen atoms in total. The van der Waals surface area contributed by atoms with Crippen LogP contribution in [0.15, 0.2) is 60.9 Å². The topological polar surface area (TPSA) is 37.6 Å². The maximum atomic E-state index is 15.0. The molecular formula is C30H28FN3O. The number of nitrogens with zero attached hydrogens (tertiary/aromatic N) is 3. The summed E-state index contributed by atoms with van der Waals surface area (Å²) in [6, 6.07) is 16.0. The van der Waals surface area contributed by atoms with Crippen molar-refractivity contribution in [1.29, 1.82) is 0 Å². The number of rotatable bonds is 4. The van der Waals surface area contributed by atoms with Gasteiger partial charge in [-0.2, -0.15) is 0 Å². The molecule has 3 aliphatic rings. The maximum Gasteiger partial charge on any atom is 0.255 e. The highest BCUT2D eigenvalue weighted by Crippen LogP contribution is 2.44. The minimum atomic E-state index is -0.220. The number of hydrogen-bond donors (Lipinski definition) is 0. The molecule has 2 aliphatic carbocycles. The third kappa shape index (κ3) is 3.56. The SMILES string of the molecule is C[C@@H]1c2ccccc2CCN1C(=O)c1cc(C2CC2)c2nc(-c3ccc(C4CC4)cc3F)cn2c1. The predicted octanol–water partition coefficient (Wildman–Crippen LogP) is 6.65. The molecule has 1 amide bonds. The van der Waals surface area contributed by atoms with Crippen molar-refractivity contribution in [1.82, 2.24) is 14.3 Å². The normalized spacial score (nSPS) is 19.7. The third-order valence-corrected chi connectivity index (χ3v) is 8.02. The van der Waals surface area contributed by atoms with Gasteiger partial charge in [0.1, 0.15) is 11.5 Å². The van der Waals surface area contributed by atoms with E-state index in [0.717, 1.165) is 48.9 Å². The summed E-state index contributed by atoms with van der Waals surface area (Å²) >= 11 is 0. The summed E-state index contributed by atoms with van der Waals surface area (Å²) in [6.07, 6.45) is 9.13. The second-order valence-corrected chi connectivity index (χ2v) is 10.5. The van der Waals surface area contributed by atoms with Gasteiger partial charge < -0.3 is 9.30 Å². The standard InChI is InChI=1S/C30H28FN3O/c1-18-24-5-3-2-4-20(24)12-13-34(18)30(35)23-14-26(21-8-9-21)29-32-28(17-33(29)16-23)25-11-10-22(15-27(25)31)19-6-7-19/h2-5,10-11,14-19,21H,6-9,12-13H2,1H3/t18-/m1/s1. The fraction of sp³-hybridized carbons (Fsp3) is 0.333. The number of amides is 1. The molecule has 0 unspecified atom stereocenters. The van der Waals surface area contributed by atoms with E-state index in [1.165, 1.54) is 11.1 Å². The number of pyridine rings is 1. The van der Waals surface area contributed by atoms with Gasteiger partial charge in [-0.15, -0.1) is 0 Å². The van der Waals surface area contributed by atoms with Gasteiger partial charge in [0.15, 0.2) is 0 Å². The first-order valence-corrected chi connectivity index (χ1v) is 12.8. The lowest BCUT2D eigenvalue weighted by Crippen LogP contribution is -2.39. The molecule has 4 aromatic rings. The molecule has 2 aromatic heterocycles. The molecule has 2 saturated carbocycles. The molecular weight excluding hydrogens is 437 g/mol. The van der Waals surface area contributed by atoms with Crippen molar-refractivity contribution in [3.8, 4) is 11.3 Å². The lowest BCUT2D eigenvalue weighted by molar-refractivity contribution is 0.0677. The van der Waals surface area contributed by atoms with Crippen LogP contribution >= 0.6 is 0 Å².